The topological polar surface area (TPSA) is 61.9 Å². The number of carbonyl (C=O) groups is 2. The molecule has 3 rings (SSSR count). The molecule has 29 heavy (non-hydrogen) atoms. The predicted molar refractivity (Wildman–Crippen MR) is 116 cm³/mol. The Labute approximate surface area is 174 Å². The van der Waals surface area contributed by atoms with Gasteiger partial charge in [0.2, 0.25) is 0 Å². The molecule has 1 saturated heterocycles. The molecular weight excluding hydrogens is 366 g/mol. The number of likely N-dealkylation sites (N-methyl/N-ethyl adjacent to an activating group) is 1. The van der Waals surface area contributed by atoms with Gasteiger partial charge < -0.3 is 19.9 Å². The highest BCUT2D eigenvalue weighted by molar-refractivity contribution is 5.92. The lowest BCUT2D eigenvalue weighted by Gasteiger charge is -2.35. The number of rotatable bonds is 8. The van der Waals surface area contributed by atoms with Crippen molar-refractivity contribution in [2.75, 3.05) is 49.5 Å². The van der Waals surface area contributed by atoms with Crippen LogP contribution in [0.2, 0.25) is 0 Å². The SMILES string of the molecule is CCN1CCN(c2ccc(NC(=O)COC(=O)CCC3CCCCC3)cc2)CC1. The van der Waals surface area contributed by atoms with Crippen molar-refractivity contribution in [3.63, 3.8) is 0 Å². The zero-order valence-corrected chi connectivity index (χ0v) is 17.7. The molecule has 1 saturated carbocycles. The quantitative estimate of drug-likeness (QED) is 0.674. The number of nitrogens with one attached hydrogen (secondary N) is 1. The van der Waals surface area contributed by atoms with Crippen LogP contribution in [0, 0.1) is 5.92 Å². The summed E-state index contributed by atoms with van der Waals surface area (Å²) in [5.41, 5.74) is 1.90. The van der Waals surface area contributed by atoms with Gasteiger partial charge in [0, 0.05) is 44.0 Å². The van der Waals surface area contributed by atoms with E-state index in [1.807, 2.05) is 24.3 Å². The van der Waals surface area contributed by atoms with Gasteiger partial charge in [0.25, 0.3) is 5.91 Å². The number of hydrogen-bond acceptors (Lipinski definition) is 5. The molecular formula is C23H35N3O3. The predicted octanol–water partition coefficient (Wildman–Crippen LogP) is 3.67. The smallest absolute Gasteiger partial charge is 0.306 e. The standard InChI is InChI=1S/C23H35N3O3/c1-2-25-14-16-26(17-15-25)21-11-9-20(10-12-21)24-22(27)18-29-23(28)13-8-19-6-4-3-5-7-19/h9-12,19H,2-8,13-18H2,1H3,(H,24,27). The Morgan fingerprint density at radius 1 is 1.03 bits per heavy atom. The summed E-state index contributed by atoms with van der Waals surface area (Å²) in [5, 5.41) is 2.81. The first-order valence-corrected chi connectivity index (χ1v) is 11.2. The second-order valence-corrected chi connectivity index (χ2v) is 8.22. The summed E-state index contributed by atoms with van der Waals surface area (Å²) in [4.78, 5) is 28.8. The van der Waals surface area contributed by atoms with Crippen molar-refractivity contribution in [1.29, 1.82) is 0 Å². The minimum atomic E-state index is -0.291. The first-order chi connectivity index (χ1) is 14.1. The average molecular weight is 402 g/mol. The Balaban J connectivity index is 1.35. The molecule has 2 aliphatic rings. The number of hydrogen-bond donors (Lipinski definition) is 1. The third kappa shape index (κ3) is 7.03. The van der Waals surface area contributed by atoms with Crippen LogP contribution >= 0.6 is 0 Å². The van der Waals surface area contributed by atoms with E-state index in [2.05, 4.69) is 22.0 Å². The summed E-state index contributed by atoms with van der Waals surface area (Å²) in [7, 11) is 0. The number of carbonyl (C=O) groups excluding carboxylic acids is 2. The van der Waals surface area contributed by atoms with Crippen molar-refractivity contribution in [2.45, 2.75) is 51.9 Å². The van der Waals surface area contributed by atoms with E-state index in [1.54, 1.807) is 0 Å². The minimum absolute atomic E-state index is 0.218. The van der Waals surface area contributed by atoms with Crippen molar-refractivity contribution in [1.82, 2.24) is 4.90 Å². The summed E-state index contributed by atoms with van der Waals surface area (Å²) in [6, 6.07) is 7.88. The number of anilines is 2. The maximum absolute atomic E-state index is 12.1. The van der Waals surface area contributed by atoms with Crippen LogP contribution in [-0.2, 0) is 14.3 Å². The van der Waals surface area contributed by atoms with Crippen molar-refractivity contribution in [3.05, 3.63) is 24.3 Å². The van der Waals surface area contributed by atoms with Crippen LogP contribution in [0.4, 0.5) is 11.4 Å². The highest BCUT2D eigenvalue weighted by Gasteiger charge is 2.17. The lowest BCUT2D eigenvalue weighted by Crippen LogP contribution is -2.46. The Kier molecular flexibility index (Phi) is 8.35. The van der Waals surface area contributed by atoms with Gasteiger partial charge in [-0.15, -0.1) is 0 Å². The molecule has 1 aliphatic heterocycles. The summed E-state index contributed by atoms with van der Waals surface area (Å²) in [6.45, 7) is 7.30. The zero-order chi connectivity index (χ0) is 20.5. The second kappa shape index (κ2) is 11.2. The van der Waals surface area contributed by atoms with E-state index < -0.39 is 0 Å². The highest BCUT2D eigenvalue weighted by atomic mass is 16.5. The molecule has 0 radical (unpaired) electrons. The average Bonchev–Trinajstić information content (AvgIpc) is 2.77. The molecule has 1 aromatic carbocycles. The van der Waals surface area contributed by atoms with Crippen LogP contribution in [0.3, 0.4) is 0 Å². The Morgan fingerprint density at radius 3 is 2.38 bits per heavy atom. The van der Waals surface area contributed by atoms with Crippen molar-refractivity contribution < 1.29 is 14.3 Å². The monoisotopic (exact) mass is 401 g/mol. The first-order valence-electron chi connectivity index (χ1n) is 11.2. The van der Waals surface area contributed by atoms with E-state index in [0.29, 0.717) is 12.3 Å². The Morgan fingerprint density at radius 2 is 1.72 bits per heavy atom. The molecule has 0 spiro atoms. The Hall–Kier alpha value is -2.08. The highest BCUT2D eigenvalue weighted by Crippen LogP contribution is 2.27. The minimum Gasteiger partial charge on any atom is -0.456 e. The van der Waals surface area contributed by atoms with Crippen LogP contribution in [0.25, 0.3) is 0 Å². The van der Waals surface area contributed by atoms with Crippen LogP contribution in [0.15, 0.2) is 24.3 Å². The first kappa shape index (κ1) is 21.6. The number of piperazine rings is 1. The molecule has 6 heteroatoms. The normalized spacial score (nSPS) is 18.4. The molecule has 6 nitrogen and oxygen atoms in total. The second-order valence-electron chi connectivity index (χ2n) is 8.22. The molecule has 0 unspecified atom stereocenters. The molecule has 0 aromatic heterocycles. The van der Waals surface area contributed by atoms with Gasteiger partial charge in [-0.05, 0) is 43.1 Å². The zero-order valence-electron chi connectivity index (χ0n) is 17.7. The number of ether oxygens (including phenoxy) is 1. The van der Waals surface area contributed by atoms with Crippen LogP contribution in [0.5, 0.6) is 0 Å². The molecule has 0 atom stereocenters. The number of benzene rings is 1. The summed E-state index contributed by atoms with van der Waals surface area (Å²) >= 11 is 0. The Bertz CT molecular complexity index is 648. The number of nitrogens with zero attached hydrogens (tertiary/aromatic N) is 2. The van der Waals surface area contributed by atoms with Gasteiger partial charge in [0.05, 0.1) is 0 Å². The van der Waals surface area contributed by atoms with Crippen molar-refractivity contribution in [3.8, 4) is 0 Å². The fourth-order valence-corrected chi connectivity index (χ4v) is 4.29. The molecule has 0 bridgehead atoms. The van der Waals surface area contributed by atoms with Gasteiger partial charge in [0.1, 0.15) is 0 Å². The molecule has 1 aromatic rings. The van der Waals surface area contributed by atoms with Gasteiger partial charge in [-0.1, -0.05) is 39.0 Å². The maximum Gasteiger partial charge on any atom is 0.306 e. The number of esters is 1. The molecule has 160 valence electrons. The van der Waals surface area contributed by atoms with E-state index >= 15 is 0 Å². The lowest BCUT2D eigenvalue weighted by atomic mass is 9.86. The van der Waals surface area contributed by atoms with E-state index in [-0.39, 0.29) is 18.5 Å². The molecule has 1 amide bonds. The third-order valence-electron chi connectivity index (χ3n) is 6.18. The molecule has 1 N–H and O–H groups in total. The fraction of sp³-hybridized carbons (Fsp3) is 0.652. The van der Waals surface area contributed by atoms with Gasteiger partial charge in [-0.25, -0.2) is 0 Å². The van der Waals surface area contributed by atoms with E-state index in [1.165, 1.54) is 37.8 Å². The summed E-state index contributed by atoms with van der Waals surface area (Å²) < 4.78 is 5.14. The third-order valence-corrected chi connectivity index (χ3v) is 6.18. The van der Waals surface area contributed by atoms with Crippen molar-refractivity contribution in [2.24, 2.45) is 5.92 Å². The lowest BCUT2D eigenvalue weighted by molar-refractivity contribution is -0.147. The van der Waals surface area contributed by atoms with Crippen LogP contribution in [0.1, 0.15) is 51.9 Å². The molecule has 1 heterocycles. The van der Waals surface area contributed by atoms with E-state index in [4.69, 9.17) is 4.74 Å². The van der Waals surface area contributed by atoms with Gasteiger partial charge in [0.15, 0.2) is 6.61 Å². The van der Waals surface area contributed by atoms with E-state index in [0.717, 1.165) is 44.8 Å². The molecule has 1 aliphatic carbocycles. The van der Waals surface area contributed by atoms with Gasteiger partial charge in [-0.3, -0.25) is 9.59 Å². The summed E-state index contributed by atoms with van der Waals surface area (Å²) in [5.74, 6) is 0.0845. The summed E-state index contributed by atoms with van der Waals surface area (Å²) in [6.07, 6.45) is 7.60. The number of amides is 1. The van der Waals surface area contributed by atoms with Crippen LogP contribution < -0.4 is 10.2 Å². The largest absolute Gasteiger partial charge is 0.456 e. The van der Waals surface area contributed by atoms with Crippen LogP contribution in [-0.4, -0.2) is 56.1 Å². The van der Waals surface area contributed by atoms with E-state index in [9.17, 15) is 9.59 Å². The molecule has 2 fully saturated rings. The van der Waals surface area contributed by atoms with Gasteiger partial charge in [-0.2, -0.15) is 0 Å². The fourth-order valence-electron chi connectivity index (χ4n) is 4.29. The van der Waals surface area contributed by atoms with Crippen molar-refractivity contribution >= 4 is 23.3 Å². The maximum atomic E-state index is 12.1. The van der Waals surface area contributed by atoms with Gasteiger partial charge >= 0.3 is 5.97 Å².